The quantitative estimate of drug-likeness (QED) is 0.482. The van der Waals surface area contributed by atoms with Crippen molar-refractivity contribution in [1.29, 1.82) is 0 Å². The summed E-state index contributed by atoms with van der Waals surface area (Å²) in [5.74, 6) is 2.55. The molecule has 0 saturated heterocycles. The Morgan fingerprint density at radius 1 is 1.10 bits per heavy atom. The second kappa shape index (κ2) is 13.4. The number of hydrogen-bond donors (Lipinski definition) is 1. The molecule has 0 atom stereocenters. The number of nitrogens with one attached hydrogen (secondary N) is 1. The van der Waals surface area contributed by atoms with Gasteiger partial charge in [0.1, 0.15) is 6.61 Å². The van der Waals surface area contributed by atoms with Gasteiger partial charge in [-0.05, 0) is 48.5 Å². The van der Waals surface area contributed by atoms with Crippen LogP contribution in [0.2, 0.25) is 5.02 Å². The van der Waals surface area contributed by atoms with Crippen LogP contribution in [0.5, 0.6) is 11.5 Å². The number of halogens is 1. The number of ether oxygens (including phenoxy) is 2. The molecule has 7 heteroatoms. The first kappa shape index (κ1) is 24.4. The first-order valence-electron chi connectivity index (χ1n) is 10.2. The van der Waals surface area contributed by atoms with E-state index in [9.17, 15) is 4.79 Å². The fraction of sp³-hybridized carbons (Fsp3) is 0.435. The lowest BCUT2D eigenvalue weighted by Gasteiger charge is -2.19. The summed E-state index contributed by atoms with van der Waals surface area (Å²) in [5.41, 5.74) is 2.08. The molecule has 0 saturated carbocycles. The number of hydrogen-bond acceptors (Lipinski definition) is 5. The Morgan fingerprint density at radius 2 is 1.90 bits per heavy atom. The van der Waals surface area contributed by atoms with Gasteiger partial charge in [0.05, 0.1) is 12.9 Å². The van der Waals surface area contributed by atoms with E-state index in [1.807, 2.05) is 42.5 Å². The number of rotatable bonds is 13. The SMILES string of the molecule is CCN(CC)CCOc1ccc(CNC(=O)CSCc2cccc(Cl)c2)cc1OC. The molecule has 0 aliphatic heterocycles. The highest BCUT2D eigenvalue weighted by atomic mass is 35.5. The lowest BCUT2D eigenvalue weighted by atomic mass is 10.2. The molecule has 0 aromatic heterocycles. The maximum absolute atomic E-state index is 12.1. The number of nitrogens with zero attached hydrogens (tertiary/aromatic N) is 1. The van der Waals surface area contributed by atoms with E-state index in [1.54, 1.807) is 18.9 Å². The molecule has 2 rings (SSSR count). The summed E-state index contributed by atoms with van der Waals surface area (Å²) in [6, 6.07) is 13.5. The number of carbonyl (C=O) groups is 1. The molecule has 1 N–H and O–H groups in total. The van der Waals surface area contributed by atoms with Gasteiger partial charge in [0.2, 0.25) is 5.91 Å². The van der Waals surface area contributed by atoms with E-state index in [1.165, 1.54) is 0 Å². The van der Waals surface area contributed by atoms with Crippen LogP contribution in [0.25, 0.3) is 0 Å². The standard InChI is InChI=1S/C23H31ClN2O3S/c1-4-26(5-2)11-12-29-21-10-9-18(14-22(21)28-3)15-25-23(27)17-30-16-19-7-6-8-20(24)13-19/h6-10,13-14H,4-5,11-12,15-17H2,1-3H3,(H,25,27). The van der Waals surface area contributed by atoms with Gasteiger partial charge in [-0.2, -0.15) is 0 Å². The van der Waals surface area contributed by atoms with Gasteiger partial charge in [0.25, 0.3) is 0 Å². The highest BCUT2D eigenvalue weighted by Crippen LogP contribution is 2.28. The Morgan fingerprint density at radius 3 is 2.60 bits per heavy atom. The number of likely N-dealkylation sites (N-methyl/N-ethyl adjacent to an activating group) is 1. The molecular weight excluding hydrogens is 420 g/mol. The summed E-state index contributed by atoms with van der Waals surface area (Å²) in [7, 11) is 1.63. The maximum atomic E-state index is 12.1. The highest BCUT2D eigenvalue weighted by Gasteiger charge is 2.08. The van der Waals surface area contributed by atoms with E-state index in [2.05, 4.69) is 24.1 Å². The van der Waals surface area contributed by atoms with Crippen molar-refractivity contribution in [3.8, 4) is 11.5 Å². The predicted molar refractivity (Wildman–Crippen MR) is 126 cm³/mol. The predicted octanol–water partition coefficient (Wildman–Crippen LogP) is 4.62. The maximum Gasteiger partial charge on any atom is 0.230 e. The third-order valence-electron chi connectivity index (χ3n) is 4.67. The number of thioether (sulfide) groups is 1. The summed E-state index contributed by atoms with van der Waals surface area (Å²) < 4.78 is 11.3. The van der Waals surface area contributed by atoms with Crippen LogP contribution in [0.3, 0.4) is 0 Å². The number of methoxy groups -OCH3 is 1. The zero-order chi connectivity index (χ0) is 21.8. The highest BCUT2D eigenvalue weighted by molar-refractivity contribution is 7.99. The van der Waals surface area contributed by atoms with E-state index in [4.69, 9.17) is 21.1 Å². The monoisotopic (exact) mass is 450 g/mol. The molecule has 5 nitrogen and oxygen atoms in total. The van der Waals surface area contributed by atoms with Crippen LogP contribution >= 0.6 is 23.4 Å². The largest absolute Gasteiger partial charge is 0.493 e. The summed E-state index contributed by atoms with van der Waals surface area (Å²) in [6.45, 7) is 8.23. The Labute approximate surface area is 189 Å². The van der Waals surface area contributed by atoms with Crippen LogP contribution in [-0.2, 0) is 17.1 Å². The van der Waals surface area contributed by atoms with Crippen LogP contribution in [0.4, 0.5) is 0 Å². The van der Waals surface area contributed by atoms with Gasteiger partial charge < -0.3 is 19.7 Å². The first-order valence-corrected chi connectivity index (χ1v) is 11.7. The normalized spacial score (nSPS) is 10.8. The molecule has 30 heavy (non-hydrogen) atoms. The number of carbonyl (C=O) groups excluding carboxylic acids is 1. The average Bonchev–Trinajstić information content (AvgIpc) is 2.76. The average molecular weight is 451 g/mol. The second-order valence-corrected chi connectivity index (χ2v) is 8.18. The van der Waals surface area contributed by atoms with E-state index < -0.39 is 0 Å². The molecule has 0 bridgehead atoms. The van der Waals surface area contributed by atoms with Gasteiger partial charge in [-0.3, -0.25) is 4.79 Å². The third kappa shape index (κ3) is 8.46. The minimum absolute atomic E-state index is 0.000504. The minimum Gasteiger partial charge on any atom is -0.493 e. The molecular formula is C23H31ClN2O3S. The molecule has 0 spiro atoms. The molecule has 0 fully saturated rings. The Kier molecular flexibility index (Phi) is 10.9. The van der Waals surface area contributed by atoms with Crippen LogP contribution in [0.1, 0.15) is 25.0 Å². The lowest BCUT2D eigenvalue weighted by molar-refractivity contribution is -0.118. The van der Waals surface area contributed by atoms with Crippen molar-refractivity contribution in [1.82, 2.24) is 10.2 Å². The van der Waals surface area contributed by atoms with Gasteiger partial charge in [-0.1, -0.05) is 43.6 Å². The summed E-state index contributed by atoms with van der Waals surface area (Å²) in [4.78, 5) is 14.4. The van der Waals surface area contributed by atoms with E-state index in [-0.39, 0.29) is 5.91 Å². The van der Waals surface area contributed by atoms with Gasteiger partial charge in [-0.15, -0.1) is 11.8 Å². The van der Waals surface area contributed by atoms with E-state index in [0.29, 0.717) is 29.7 Å². The van der Waals surface area contributed by atoms with Crippen LogP contribution < -0.4 is 14.8 Å². The van der Waals surface area contributed by atoms with Crippen molar-refractivity contribution in [2.24, 2.45) is 0 Å². The van der Waals surface area contributed by atoms with Crippen molar-refractivity contribution in [3.63, 3.8) is 0 Å². The van der Waals surface area contributed by atoms with Crippen molar-refractivity contribution >= 4 is 29.3 Å². The number of benzene rings is 2. The van der Waals surface area contributed by atoms with Crippen molar-refractivity contribution in [2.45, 2.75) is 26.1 Å². The molecule has 0 aliphatic carbocycles. The fourth-order valence-corrected chi connectivity index (χ4v) is 3.92. The van der Waals surface area contributed by atoms with Crippen molar-refractivity contribution in [2.75, 3.05) is 39.1 Å². The first-order chi connectivity index (χ1) is 14.5. The van der Waals surface area contributed by atoms with Gasteiger partial charge >= 0.3 is 0 Å². The van der Waals surface area contributed by atoms with Crippen molar-refractivity contribution in [3.05, 3.63) is 58.6 Å². The van der Waals surface area contributed by atoms with E-state index >= 15 is 0 Å². The molecule has 2 aromatic carbocycles. The molecule has 0 aliphatic rings. The van der Waals surface area contributed by atoms with Gasteiger partial charge in [0, 0.05) is 23.9 Å². The minimum atomic E-state index is 0.000504. The fourth-order valence-electron chi connectivity index (χ4n) is 2.91. The zero-order valence-corrected chi connectivity index (χ0v) is 19.5. The third-order valence-corrected chi connectivity index (χ3v) is 5.91. The summed E-state index contributed by atoms with van der Waals surface area (Å²) >= 11 is 7.55. The molecule has 1 amide bonds. The molecule has 0 radical (unpaired) electrons. The molecule has 164 valence electrons. The molecule has 2 aromatic rings. The van der Waals surface area contributed by atoms with Crippen LogP contribution in [-0.4, -0.2) is 49.9 Å². The number of amides is 1. The summed E-state index contributed by atoms with van der Waals surface area (Å²) in [5, 5.41) is 3.67. The van der Waals surface area contributed by atoms with Crippen LogP contribution in [0.15, 0.2) is 42.5 Å². The van der Waals surface area contributed by atoms with Gasteiger partial charge in [-0.25, -0.2) is 0 Å². The van der Waals surface area contributed by atoms with E-state index in [0.717, 1.165) is 42.3 Å². The van der Waals surface area contributed by atoms with Gasteiger partial charge in [0.15, 0.2) is 11.5 Å². The molecule has 0 unspecified atom stereocenters. The van der Waals surface area contributed by atoms with Crippen LogP contribution in [0, 0.1) is 0 Å². The topological polar surface area (TPSA) is 50.8 Å². The Bertz CT molecular complexity index is 800. The Balaban J connectivity index is 1.76. The van der Waals surface area contributed by atoms with Crippen molar-refractivity contribution < 1.29 is 14.3 Å². The Hall–Kier alpha value is -1.89. The lowest BCUT2D eigenvalue weighted by Crippen LogP contribution is -2.28. The molecule has 0 heterocycles. The summed E-state index contributed by atoms with van der Waals surface area (Å²) in [6.07, 6.45) is 0. The second-order valence-electron chi connectivity index (χ2n) is 6.76. The smallest absolute Gasteiger partial charge is 0.230 e. The zero-order valence-electron chi connectivity index (χ0n) is 17.9.